The Morgan fingerprint density at radius 1 is 1.23 bits per heavy atom. The first-order valence-corrected chi connectivity index (χ1v) is 7.97. The van der Waals surface area contributed by atoms with Crippen LogP contribution >= 0.6 is 24.8 Å². The highest BCUT2D eigenvalue weighted by Crippen LogP contribution is 2.30. The highest BCUT2D eigenvalue weighted by Gasteiger charge is 2.30. The lowest BCUT2D eigenvalue weighted by Crippen LogP contribution is -2.35. The summed E-state index contributed by atoms with van der Waals surface area (Å²) in [5, 5.41) is 3.08. The minimum absolute atomic E-state index is 0. The second kappa shape index (κ2) is 9.61. The second-order valence-electron chi connectivity index (χ2n) is 5.88. The van der Waals surface area contributed by atoms with Crippen LogP contribution in [0.2, 0.25) is 0 Å². The normalized spacial score (nSPS) is 15.8. The average molecular weight is 400 g/mol. The van der Waals surface area contributed by atoms with Crippen LogP contribution < -0.4 is 11.1 Å². The van der Waals surface area contributed by atoms with E-state index in [1.165, 1.54) is 0 Å². The third-order valence-corrected chi connectivity index (χ3v) is 3.96. The van der Waals surface area contributed by atoms with Crippen LogP contribution in [-0.2, 0) is 4.79 Å². The lowest BCUT2D eigenvalue weighted by Gasteiger charge is -2.23. The van der Waals surface area contributed by atoms with Gasteiger partial charge in [-0.15, -0.1) is 24.8 Å². The molecule has 0 radical (unpaired) electrons. The number of nitrogens with zero attached hydrogens (tertiary/aromatic N) is 5. The monoisotopic (exact) mass is 399 g/mol. The Bertz CT molecular complexity index is 739. The van der Waals surface area contributed by atoms with Gasteiger partial charge in [0.1, 0.15) is 0 Å². The number of nitrogens with one attached hydrogen (secondary N) is 1. The Morgan fingerprint density at radius 3 is 2.58 bits per heavy atom. The summed E-state index contributed by atoms with van der Waals surface area (Å²) in [5.41, 5.74) is 8.01. The third kappa shape index (κ3) is 5.00. The molecule has 0 spiro atoms. The number of aromatic nitrogens is 4. The molecule has 3 heterocycles. The number of aryl methyl sites for hydroxylation is 2. The molecule has 0 aliphatic carbocycles. The molecule has 1 aliphatic rings. The van der Waals surface area contributed by atoms with Crippen LogP contribution in [0.15, 0.2) is 18.5 Å². The number of hydrogen-bond donors (Lipinski definition) is 2. The first kappa shape index (κ1) is 22.0. The number of amides is 1. The summed E-state index contributed by atoms with van der Waals surface area (Å²) in [6.45, 7) is 4.55. The predicted molar refractivity (Wildman–Crippen MR) is 104 cm³/mol. The third-order valence-electron chi connectivity index (χ3n) is 3.96. The summed E-state index contributed by atoms with van der Waals surface area (Å²) in [6, 6.07) is 1.83. The van der Waals surface area contributed by atoms with Crippen molar-refractivity contribution in [3.05, 3.63) is 35.5 Å². The highest BCUT2D eigenvalue weighted by molar-refractivity contribution is 5.85. The van der Waals surface area contributed by atoms with Gasteiger partial charge in [0.25, 0.3) is 0 Å². The number of anilines is 2. The molecule has 26 heavy (non-hydrogen) atoms. The van der Waals surface area contributed by atoms with Crippen LogP contribution in [0.4, 0.5) is 11.8 Å². The van der Waals surface area contributed by atoms with Crippen molar-refractivity contribution < 1.29 is 4.79 Å². The number of carbonyl (C=O) groups is 1. The summed E-state index contributed by atoms with van der Waals surface area (Å²) >= 11 is 0. The number of carbonyl (C=O) groups excluding carboxylic acids is 1. The fourth-order valence-electron chi connectivity index (χ4n) is 2.99. The molecule has 10 heteroatoms. The molecule has 142 valence electrons. The van der Waals surface area contributed by atoms with E-state index < -0.39 is 0 Å². The van der Waals surface area contributed by atoms with Gasteiger partial charge < -0.3 is 16.0 Å². The predicted octanol–water partition coefficient (Wildman–Crippen LogP) is 2.09. The molecular weight excluding hydrogens is 377 g/mol. The minimum Gasteiger partial charge on any atom is -0.333 e. The largest absolute Gasteiger partial charge is 0.333 e. The van der Waals surface area contributed by atoms with Gasteiger partial charge in [-0.3, -0.25) is 9.78 Å². The van der Waals surface area contributed by atoms with Crippen molar-refractivity contribution in [3.8, 4) is 0 Å². The van der Waals surface area contributed by atoms with Crippen molar-refractivity contribution >= 4 is 42.5 Å². The van der Waals surface area contributed by atoms with E-state index in [0.29, 0.717) is 18.3 Å². The molecule has 0 aromatic carbocycles. The average Bonchev–Trinajstić information content (AvgIpc) is 3.03. The summed E-state index contributed by atoms with van der Waals surface area (Å²) in [5.74, 6) is 0.986. The van der Waals surface area contributed by atoms with Gasteiger partial charge in [-0.1, -0.05) is 0 Å². The fraction of sp³-hybridized carbons (Fsp3) is 0.438. The van der Waals surface area contributed by atoms with Gasteiger partial charge in [-0.2, -0.15) is 0 Å². The van der Waals surface area contributed by atoms with Crippen LogP contribution in [0, 0.1) is 13.8 Å². The highest BCUT2D eigenvalue weighted by atomic mass is 35.5. The van der Waals surface area contributed by atoms with Gasteiger partial charge >= 0.3 is 0 Å². The van der Waals surface area contributed by atoms with Gasteiger partial charge in [-0.25, -0.2) is 15.0 Å². The lowest BCUT2D eigenvalue weighted by molar-refractivity contribution is -0.130. The maximum Gasteiger partial charge on any atom is 0.236 e. The number of halogens is 2. The van der Waals surface area contributed by atoms with E-state index in [4.69, 9.17) is 5.73 Å². The summed E-state index contributed by atoms with van der Waals surface area (Å²) in [6.07, 6.45) is 5.12. The van der Waals surface area contributed by atoms with E-state index in [1.807, 2.05) is 19.9 Å². The smallest absolute Gasteiger partial charge is 0.236 e. The molecule has 2 aromatic rings. The Morgan fingerprint density at radius 2 is 1.92 bits per heavy atom. The van der Waals surface area contributed by atoms with Crippen molar-refractivity contribution in [2.45, 2.75) is 32.7 Å². The molecule has 1 aliphatic heterocycles. The summed E-state index contributed by atoms with van der Waals surface area (Å²) in [4.78, 5) is 31.3. The molecule has 0 saturated carbocycles. The standard InChI is InChI=1S/C16H21N7O.2ClH/c1-10-6-11(2)20-16(19-10)22-14-9-18-8-12(21-14)13-4-3-5-23(13)15(24)7-17;;/h6,8-9,13H,3-5,7,17H2,1-2H3,(H,19,20,21,22);2*1H. The molecule has 3 rings (SSSR count). The molecule has 1 fully saturated rings. The van der Waals surface area contributed by atoms with E-state index in [2.05, 4.69) is 25.3 Å². The van der Waals surface area contributed by atoms with Crippen LogP contribution in [-0.4, -0.2) is 43.8 Å². The molecule has 1 unspecified atom stereocenters. The molecule has 1 saturated heterocycles. The van der Waals surface area contributed by atoms with E-state index >= 15 is 0 Å². The zero-order valence-electron chi connectivity index (χ0n) is 14.7. The quantitative estimate of drug-likeness (QED) is 0.809. The van der Waals surface area contributed by atoms with E-state index in [9.17, 15) is 4.79 Å². The molecule has 1 amide bonds. The van der Waals surface area contributed by atoms with Crippen LogP contribution in [0.1, 0.15) is 36.0 Å². The molecular formula is C16H23Cl2N7O. The van der Waals surface area contributed by atoms with Gasteiger partial charge in [-0.05, 0) is 32.8 Å². The summed E-state index contributed by atoms with van der Waals surface area (Å²) in [7, 11) is 0. The number of rotatable bonds is 4. The molecule has 1 atom stereocenters. The molecule has 8 nitrogen and oxygen atoms in total. The van der Waals surface area contributed by atoms with Crippen molar-refractivity contribution in [1.82, 2.24) is 24.8 Å². The Hall–Kier alpha value is -2.03. The Kier molecular flexibility index (Phi) is 8.13. The fourth-order valence-corrected chi connectivity index (χ4v) is 2.99. The lowest BCUT2D eigenvalue weighted by atomic mass is 10.1. The topological polar surface area (TPSA) is 110 Å². The van der Waals surface area contributed by atoms with Crippen molar-refractivity contribution in [3.63, 3.8) is 0 Å². The van der Waals surface area contributed by atoms with Gasteiger partial charge in [0.2, 0.25) is 11.9 Å². The van der Waals surface area contributed by atoms with Crippen LogP contribution in [0.5, 0.6) is 0 Å². The zero-order valence-corrected chi connectivity index (χ0v) is 16.3. The zero-order chi connectivity index (χ0) is 17.1. The minimum atomic E-state index is -0.0736. The number of likely N-dealkylation sites (tertiary alicyclic amines) is 1. The maximum absolute atomic E-state index is 12.0. The first-order valence-electron chi connectivity index (χ1n) is 7.97. The number of nitrogens with two attached hydrogens (primary N) is 1. The van der Waals surface area contributed by atoms with Crippen LogP contribution in [0.3, 0.4) is 0 Å². The van der Waals surface area contributed by atoms with Gasteiger partial charge in [0, 0.05) is 17.9 Å². The molecule has 3 N–H and O–H groups in total. The van der Waals surface area contributed by atoms with Crippen LogP contribution in [0.25, 0.3) is 0 Å². The summed E-state index contributed by atoms with van der Waals surface area (Å²) < 4.78 is 0. The van der Waals surface area contributed by atoms with E-state index in [1.54, 1.807) is 17.3 Å². The van der Waals surface area contributed by atoms with Gasteiger partial charge in [0.05, 0.1) is 30.7 Å². The number of hydrogen-bond acceptors (Lipinski definition) is 7. The van der Waals surface area contributed by atoms with E-state index in [0.717, 1.165) is 29.9 Å². The molecule has 0 bridgehead atoms. The Labute approximate surface area is 164 Å². The maximum atomic E-state index is 12.0. The Balaban J connectivity index is 0.00000169. The SMILES string of the molecule is Cc1cc(C)nc(Nc2cncc(C3CCCN3C(=O)CN)n2)n1.Cl.Cl. The van der Waals surface area contributed by atoms with Gasteiger partial charge in [0.15, 0.2) is 5.82 Å². The van der Waals surface area contributed by atoms with Crippen molar-refractivity contribution in [1.29, 1.82) is 0 Å². The van der Waals surface area contributed by atoms with Crippen molar-refractivity contribution in [2.75, 3.05) is 18.4 Å². The van der Waals surface area contributed by atoms with E-state index in [-0.39, 0.29) is 43.3 Å². The van der Waals surface area contributed by atoms with Crippen molar-refractivity contribution in [2.24, 2.45) is 5.73 Å². The first-order chi connectivity index (χ1) is 11.6. The second-order valence-corrected chi connectivity index (χ2v) is 5.88. The molecule has 2 aromatic heterocycles.